The van der Waals surface area contributed by atoms with Crippen LogP contribution in [0.25, 0.3) is 0 Å². The van der Waals surface area contributed by atoms with Crippen LogP contribution in [-0.2, 0) is 0 Å². The molecule has 48 valence electrons. The van der Waals surface area contributed by atoms with E-state index in [9.17, 15) is 0 Å². The Morgan fingerprint density at radius 3 is 2.89 bits per heavy atom. The van der Waals surface area contributed by atoms with E-state index in [4.69, 9.17) is 0 Å². The summed E-state index contributed by atoms with van der Waals surface area (Å²) in [6, 6.07) is 2.25. The number of thiophene rings is 1. The van der Waals surface area contributed by atoms with Crippen LogP contribution in [0.5, 0.6) is 0 Å². The van der Waals surface area contributed by atoms with Crippen molar-refractivity contribution >= 4 is 11.3 Å². The molecule has 1 saturated carbocycles. The van der Waals surface area contributed by atoms with Gasteiger partial charge in [0.05, 0.1) is 0 Å². The van der Waals surface area contributed by atoms with E-state index in [2.05, 4.69) is 23.8 Å². The molecule has 2 atom stereocenters. The minimum atomic E-state index is 0.913. The van der Waals surface area contributed by atoms with Gasteiger partial charge in [-0.25, -0.2) is 0 Å². The van der Waals surface area contributed by atoms with Gasteiger partial charge in [-0.15, -0.1) is 0 Å². The van der Waals surface area contributed by atoms with Crippen molar-refractivity contribution < 1.29 is 0 Å². The molecule has 0 amide bonds. The van der Waals surface area contributed by atoms with E-state index < -0.39 is 0 Å². The zero-order valence-electron chi connectivity index (χ0n) is 5.50. The van der Waals surface area contributed by atoms with Gasteiger partial charge in [0, 0.05) is 0 Å². The molecule has 0 nitrogen and oxygen atoms in total. The topological polar surface area (TPSA) is 0 Å². The summed E-state index contributed by atoms with van der Waals surface area (Å²) in [6.45, 7) is 2.32. The molecule has 1 aromatic heterocycles. The molecule has 0 aromatic carbocycles. The summed E-state index contributed by atoms with van der Waals surface area (Å²) in [4.78, 5) is 0. The van der Waals surface area contributed by atoms with Crippen molar-refractivity contribution in [2.24, 2.45) is 5.92 Å². The third kappa shape index (κ3) is 0.897. The zero-order chi connectivity index (χ0) is 6.27. The lowest BCUT2D eigenvalue weighted by atomic mass is 10.2. The van der Waals surface area contributed by atoms with Crippen LogP contribution in [0.4, 0.5) is 0 Å². The van der Waals surface area contributed by atoms with E-state index in [1.165, 1.54) is 6.42 Å². The van der Waals surface area contributed by atoms with Gasteiger partial charge in [0.15, 0.2) is 0 Å². The second-order valence-electron chi connectivity index (χ2n) is 2.88. The highest BCUT2D eigenvalue weighted by atomic mass is 32.1. The van der Waals surface area contributed by atoms with Crippen molar-refractivity contribution in [1.82, 2.24) is 0 Å². The van der Waals surface area contributed by atoms with Gasteiger partial charge < -0.3 is 0 Å². The average Bonchev–Trinajstić information content (AvgIpc) is 2.44. The molecule has 0 radical (unpaired) electrons. The minimum absolute atomic E-state index is 0.913. The Morgan fingerprint density at radius 2 is 2.44 bits per heavy atom. The van der Waals surface area contributed by atoms with Crippen LogP contribution in [0.3, 0.4) is 0 Å². The highest BCUT2D eigenvalue weighted by molar-refractivity contribution is 7.08. The van der Waals surface area contributed by atoms with Crippen LogP contribution < -0.4 is 0 Å². The predicted octanol–water partition coefficient (Wildman–Crippen LogP) is 2.87. The summed E-state index contributed by atoms with van der Waals surface area (Å²) in [6.07, 6.45) is 1.41. The van der Waals surface area contributed by atoms with Crippen LogP contribution in [0.2, 0.25) is 0 Å². The zero-order valence-corrected chi connectivity index (χ0v) is 6.32. The standard InChI is InChI=1S/C8H10S/c1-6-4-8(6)7-2-3-9-5-7/h2-3,5-6,8H,4H2,1H3. The first-order valence-electron chi connectivity index (χ1n) is 3.40. The van der Waals surface area contributed by atoms with Crippen LogP contribution in [0, 0.1) is 5.92 Å². The summed E-state index contributed by atoms with van der Waals surface area (Å²) < 4.78 is 0. The molecular formula is C8H10S. The Labute approximate surface area is 59.5 Å². The Hall–Kier alpha value is -0.300. The normalized spacial score (nSPS) is 32.6. The first-order valence-corrected chi connectivity index (χ1v) is 4.34. The lowest BCUT2D eigenvalue weighted by Gasteiger charge is -1.86. The third-order valence-electron chi connectivity index (χ3n) is 2.08. The Balaban J connectivity index is 2.18. The summed E-state index contributed by atoms with van der Waals surface area (Å²) in [7, 11) is 0. The quantitative estimate of drug-likeness (QED) is 0.559. The summed E-state index contributed by atoms with van der Waals surface area (Å²) in [5, 5.41) is 4.44. The van der Waals surface area contributed by atoms with Crippen molar-refractivity contribution in [2.75, 3.05) is 0 Å². The van der Waals surface area contributed by atoms with E-state index in [-0.39, 0.29) is 0 Å². The predicted molar refractivity (Wildman–Crippen MR) is 40.8 cm³/mol. The maximum absolute atomic E-state index is 2.32. The first kappa shape index (κ1) is 5.48. The van der Waals surface area contributed by atoms with Crippen LogP contribution in [0.1, 0.15) is 24.8 Å². The van der Waals surface area contributed by atoms with Crippen LogP contribution in [-0.4, -0.2) is 0 Å². The molecule has 1 fully saturated rings. The molecule has 1 aliphatic rings. The van der Waals surface area contributed by atoms with Gasteiger partial charge in [0.2, 0.25) is 0 Å². The number of hydrogen-bond donors (Lipinski definition) is 0. The third-order valence-corrected chi connectivity index (χ3v) is 2.78. The van der Waals surface area contributed by atoms with Gasteiger partial charge in [0.25, 0.3) is 0 Å². The fourth-order valence-corrected chi connectivity index (χ4v) is 2.00. The van der Waals surface area contributed by atoms with E-state index >= 15 is 0 Å². The van der Waals surface area contributed by atoms with E-state index in [1.54, 1.807) is 5.56 Å². The highest BCUT2D eigenvalue weighted by Gasteiger charge is 2.33. The largest absolute Gasteiger partial charge is 0.152 e. The lowest BCUT2D eigenvalue weighted by Crippen LogP contribution is -1.71. The molecule has 1 heterocycles. The Bertz CT molecular complexity index is 188. The van der Waals surface area contributed by atoms with Crippen LogP contribution in [0.15, 0.2) is 16.8 Å². The monoisotopic (exact) mass is 138 g/mol. The summed E-state index contributed by atoms with van der Waals surface area (Å²) >= 11 is 1.81. The maximum Gasteiger partial charge on any atom is -0.00583 e. The molecule has 2 unspecified atom stereocenters. The summed E-state index contributed by atoms with van der Waals surface area (Å²) in [5.41, 5.74) is 1.56. The molecule has 0 bridgehead atoms. The van der Waals surface area contributed by atoms with Crippen molar-refractivity contribution in [3.63, 3.8) is 0 Å². The van der Waals surface area contributed by atoms with E-state index in [1.807, 2.05) is 11.3 Å². The molecular weight excluding hydrogens is 128 g/mol. The minimum Gasteiger partial charge on any atom is -0.152 e. The first-order chi connectivity index (χ1) is 4.38. The maximum atomic E-state index is 2.32. The lowest BCUT2D eigenvalue weighted by molar-refractivity contribution is 0.918. The molecule has 1 aromatic rings. The van der Waals surface area contributed by atoms with Gasteiger partial charge in [-0.05, 0) is 40.6 Å². The van der Waals surface area contributed by atoms with Gasteiger partial charge in [-0.1, -0.05) is 6.92 Å². The van der Waals surface area contributed by atoms with Gasteiger partial charge >= 0.3 is 0 Å². The molecule has 9 heavy (non-hydrogen) atoms. The molecule has 1 heteroatoms. The molecule has 0 saturated heterocycles. The average molecular weight is 138 g/mol. The van der Waals surface area contributed by atoms with Crippen LogP contribution >= 0.6 is 11.3 Å². The van der Waals surface area contributed by atoms with Crippen molar-refractivity contribution in [3.05, 3.63) is 22.4 Å². The summed E-state index contributed by atoms with van der Waals surface area (Å²) in [5.74, 6) is 1.87. The van der Waals surface area contributed by atoms with Gasteiger partial charge in [-0.2, -0.15) is 11.3 Å². The fraction of sp³-hybridized carbons (Fsp3) is 0.500. The van der Waals surface area contributed by atoms with Gasteiger partial charge in [0.1, 0.15) is 0 Å². The molecule has 0 spiro atoms. The second kappa shape index (κ2) is 1.84. The Morgan fingerprint density at radius 1 is 1.67 bits per heavy atom. The number of rotatable bonds is 1. The molecule has 0 N–H and O–H groups in total. The fourth-order valence-electron chi connectivity index (χ4n) is 1.27. The van der Waals surface area contributed by atoms with Crippen molar-refractivity contribution in [2.45, 2.75) is 19.3 Å². The number of hydrogen-bond acceptors (Lipinski definition) is 1. The highest BCUT2D eigenvalue weighted by Crippen LogP contribution is 2.47. The second-order valence-corrected chi connectivity index (χ2v) is 3.66. The SMILES string of the molecule is CC1CC1c1ccsc1. The van der Waals surface area contributed by atoms with Crippen molar-refractivity contribution in [1.29, 1.82) is 0 Å². The smallest absolute Gasteiger partial charge is 0.00583 e. The van der Waals surface area contributed by atoms with E-state index in [0.717, 1.165) is 11.8 Å². The molecule has 0 aliphatic heterocycles. The molecule has 1 aliphatic carbocycles. The molecule has 2 rings (SSSR count). The van der Waals surface area contributed by atoms with Crippen molar-refractivity contribution in [3.8, 4) is 0 Å². The van der Waals surface area contributed by atoms with Gasteiger partial charge in [-0.3, -0.25) is 0 Å². The van der Waals surface area contributed by atoms with E-state index in [0.29, 0.717) is 0 Å². The Kier molecular flexibility index (Phi) is 1.12.